The zero-order valence-corrected chi connectivity index (χ0v) is 25.3. The van der Waals surface area contributed by atoms with Crippen molar-refractivity contribution in [2.24, 2.45) is 0 Å². The number of amides is 4. The molecular formula is C36H27BrN2O5. The third-order valence-electron chi connectivity index (χ3n) is 7.25. The second-order valence-corrected chi connectivity index (χ2v) is 11.3. The Bertz CT molecular complexity index is 1900. The van der Waals surface area contributed by atoms with Crippen molar-refractivity contribution in [3.63, 3.8) is 0 Å². The largest absolute Gasteiger partial charge is 0.489 e. The third kappa shape index (κ3) is 6.26. The number of ether oxygens (including phenoxy) is 2. The minimum absolute atomic E-state index is 0.186. The summed E-state index contributed by atoms with van der Waals surface area (Å²) in [7, 11) is 0. The van der Waals surface area contributed by atoms with Crippen LogP contribution in [0.1, 0.15) is 22.3 Å². The first-order valence-electron chi connectivity index (χ1n) is 13.9. The average Bonchev–Trinajstić information content (AvgIpc) is 3.03. The second kappa shape index (κ2) is 12.6. The van der Waals surface area contributed by atoms with Gasteiger partial charge in [-0.2, -0.15) is 0 Å². The number of fused-ring (bicyclic) bond motifs is 1. The van der Waals surface area contributed by atoms with Gasteiger partial charge in [-0.3, -0.25) is 14.9 Å². The number of nitrogens with one attached hydrogen (secondary N) is 1. The van der Waals surface area contributed by atoms with Crippen LogP contribution in [0.2, 0.25) is 0 Å². The van der Waals surface area contributed by atoms with Gasteiger partial charge in [-0.15, -0.1) is 0 Å². The molecule has 0 atom stereocenters. The second-order valence-electron chi connectivity index (χ2n) is 10.3. The lowest BCUT2D eigenvalue weighted by atomic mass is 9.99. The fourth-order valence-corrected chi connectivity index (χ4v) is 5.14. The molecule has 1 fully saturated rings. The van der Waals surface area contributed by atoms with Gasteiger partial charge in [-0.05, 0) is 77.4 Å². The van der Waals surface area contributed by atoms with E-state index in [2.05, 4.69) is 21.2 Å². The molecule has 1 aliphatic rings. The van der Waals surface area contributed by atoms with Crippen LogP contribution >= 0.6 is 15.9 Å². The number of imide groups is 2. The Balaban J connectivity index is 1.28. The lowest BCUT2D eigenvalue weighted by Crippen LogP contribution is -2.54. The Kier molecular flexibility index (Phi) is 8.25. The summed E-state index contributed by atoms with van der Waals surface area (Å²) in [4.78, 5) is 40.6. The minimum atomic E-state index is -0.824. The van der Waals surface area contributed by atoms with Gasteiger partial charge in [0, 0.05) is 10.0 Å². The molecule has 0 aromatic heterocycles. The van der Waals surface area contributed by atoms with E-state index in [1.807, 2.05) is 91.9 Å². The van der Waals surface area contributed by atoms with E-state index in [1.165, 1.54) is 11.6 Å². The smallest absolute Gasteiger partial charge is 0.335 e. The molecule has 0 saturated carbocycles. The predicted molar refractivity (Wildman–Crippen MR) is 173 cm³/mol. The van der Waals surface area contributed by atoms with Crippen LogP contribution in [-0.4, -0.2) is 17.8 Å². The molecule has 5 aromatic rings. The molecule has 1 saturated heterocycles. The van der Waals surface area contributed by atoms with Gasteiger partial charge in [-0.1, -0.05) is 88.2 Å². The van der Waals surface area contributed by atoms with E-state index in [0.29, 0.717) is 29.4 Å². The quantitative estimate of drug-likeness (QED) is 0.138. The van der Waals surface area contributed by atoms with Crippen LogP contribution in [0.25, 0.3) is 16.8 Å². The summed E-state index contributed by atoms with van der Waals surface area (Å²) in [5.41, 5.74) is 3.82. The summed E-state index contributed by atoms with van der Waals surface area (Å²) < 4.78 is 13.0. The van der Waals surface area contributed by atoms with Crippen molar-refractivity contribution in [3.05, 3.63) is 141 Å². The van der Waals surface area contributed by atoms with Crippen LogP contribution in [0, 0.1) is 6.92 Å². The Morgan fingerprint density at radius 3 is 2.14 bits per heavy atom. The zero-order valence-electron chi connectivity index (χ0n) is 23.8. The molecule has 0 unspecified atom stereocenters. The molecule has 8 heteroatoms. The molecule has 0 bridgehead atoms. The molecule has 0 radical (unpaired) electrons. The van der Waals surface area contributed by atoms with Gasteiger partial charge in [0.15, 0.2) is 0 Å². The van der Waals surface area contributed by atoms with E-state index in [9.17, 15) is 14.4 Å². The Labute approximate surface area is 262 Å². The number of carbonyl (C=O) groups is 3. The molecule has 0 spiro atoms. The summed E-state index contributed by atoms with van der Waals surface area (Å²) in [6.07, 6.45) is 1.50. The Morgan fingerprint density at radius 1 is 0.750 bits per heavy atom. The number of rotatable bonds is 8. The van der Waals surface area contributed by atoms with Crippen LogP contribution in [0.15, 0.2) is 119 Å². The van der Waals surface area contributed by atoms with E-state index in [-0.39, 0.29) is 12.2 Å². The molecule has 7 nitrogen and oxygen atoms in total. The van der Waals surface area contributed by atoms with Gasteiger partial charge in [0.2, 0.25) is 0 Å². The molecule has 218 valence electrons. The number of hydrogen-bond donors (Lipinski definition) is 1. The van der Waals surface area contributed by atoms with Crippen molar-refractivity contribution in [3.8, 4) is 11.5 Å². The topological polar surface area (TPSA) is 84.9 Å². The minimum Gasteiger partial charge on any atom is -0.489 e. The van der Waals surface area contributed by atoms with Crippen molar-refractivity contribution in [1.82, 2.24) is 5.32 Å². The zero-order chi connectivity index (χ0) is 30.6. The maximum atomic E-state index is 13.7. The van der Waals surface area contributed by atoms with Gasteiger partial charge in [0.25, 0.3) is 11.8 Å². The SMILES string of the molecule is Cc1ccc(COc2ccc(N3C(=O)NC(=O)/C(=C\c4c(OCc5ccc(Br)cc5)ccc5ccccc45)C3=O)cc2)cc1. The number of carbonyl (C=O) groups excluding carboxylic acids is 3. The van der Waals surface area contributed by atoms with Crippen LogP contribution in [0.4, 0.5) is 10.5 Å². The molecule has 0 aliphatic carbocycles. The number of anilines is 1. The van der Waals surface area contributed by atoms with Crippen molar-refractivity contribution < 1.29 is 23.9 Å². The number of halogens is 1. The van der Waals surface area contributed by atoms with E-state index < -0.39 is 17.8 Å². The number of aryl methyl sites for hydroxylation is 1. The van der Waals surface area contributed by atoms with Gasteiger partial charge < -0.3 is 9.47 Å². The van der Waals surface area contributed by atoms with Crippen LogP contribution in [-0.2, 0) is 22.8 Å². The predicted octanol–water partition coefficient (Wildman–Crippen LogP) is 7.74. The lowest BCUT2D eigenvalue weighted by molar-refractivity contribution is -0.122. The molecule has 1 aliphatic heterocycles. The van der Waals surface area contributed by atoms with Crippen molar-refractivity contribution in [1.29, 1.82) is 0 Å². The first-order valence-corrected chi connectivity index (χ1v) is 14.7. The standard InChI is InChI=1S/C36H27BrN2O5/c1-23-6-8-24(9-7-23)21-43-29-17-15-28(16-18-29)39-35(41)32(34(40)38-36(39)42)20-31-30-5-3-2-4-26(30)12-19-33(31)44-22-25-10-13-27(37)14-11-25/h2-20H,21-22H2,1H3,(H,38,40,42)/b32-20+. The van der Waals surface area contributed by atoms with E-state index in [4.69, 9.17) is 9.47 Å². The van der Waals surface area contributed by atoms with E-state index >= 15 is 0 Å². The van der Waals surface area contributed by atoms with Gasteiger partial charge >= 0.3 is 6.03 Å². The van der Waals surface area contributed by atoms with E-state index in [1.54, 1.807) is 24.3 Å². The van der Waals surface area contributed by atoms with E-state index in [0.717, 1.165) is 31.3 Å². The summed E-state index contributed by atoms with van der Waals surface area (Å²) in [6.45, 7) is 2.68. The van der Waals surface area contributed by atoms with Gasteiger partial charge in [0.1, 0.15) is 30.3 Å². The number of nitrogens with zero attached hydrogens (tertiary/aromatic N) is 1. The number of urea groups is 1. The van der Waals surface area contributed by atoms with Gasteiger partial charge in [0.05, 0.1) is 5.69 Å². The molecular weight excluding hydrogens is 620 g/mol. The van der Waals surface area contributed by atoms with Crippen molar-refractivity contribution in [2.75, 3.05) is 4.90 Å². The lowest BCUT2D eigenvalue weighted by Gasteiger charge is -2.26. The normalized spacial score (nSPS) is 14.2. The fourth-order valence-electron chi connectivity index (χ4n) is 4.87. The highest BCUT2D eigenvalue weighted by Crippen LogP contribution is 2.33. The average molecular weight is 648 g/mol. The Morgan fingerprint density at radius 2 is 1.41 bits per heavy atom. The molecule has 4 amide bonds. The van der Waals surface area contributed by atoms with Crippen molar-refractivity contribution in [2.45, 2.75) is 20.1 Å². The molecule has 1 heterocycles. The third-order valence-corrected chi connectivity index (χ3v) is 7.78. The van der Waals surface area contributed by atoms with Crippen LogP contribution in [0.5, 0.6) is 11.5 Å². The van der Waals surface area contributed by atoms with Crippen molar-refractivity contribution >= 4 is 56.3 Å². The molecule has 1 N–H and O–H groups in total. The van der Waals surface area contributed by atoms with Crippen LogP contribution in [0.3, 0.4) is 0 Å². The Hall–Kier alpha value is -5.21. The summed E-state index contributed by atoms with van der Waals surface area (Å²) in [5, 5.41) is 4.02. The maximum Gasteiger partial charge on any atom is 0.335 e. The van der Waals surface area contributed by atoms with Gasteiger partial charge in [-0.25, -0.2) is 9.69 Å². The maximum absolute atomic E-state index is 13.7. The summed E-state index contributed by atoms with van der Waals surface area (Å²) in [6, 6.07) is 32.9. The first-order chi connectivity index (χ1) is 21.4. The highest BCUT2D eigenvalue weighted by molar-refractivity contribution is 9.10. The highest BCUT2D eigenvalue weighted by Gasteiger charge is 2.37. The monoisotopic (exact) mass is 646 g/mol. The molecule has 6 rings (SSSR count). The highest BCUT2D eigenvalue weighted by atomic mass is 79.9. The summed E-state index contributed by atoms with van der Waals surface area (Å²) in [5.74, 6) is -0.437. The number of hydrogen-bond acceptors (Lipinski definition) is 5. The number of barbiturate groups is 1. The number of benzene rings is 5. The molecule has 5 aromatic carbocycles. The van der Waals surface area contributed by atoms with Crippen LogP contribution < -0.4 is 19.7 Å². The molecule has 44 heavy (non-hydrogen) atoms. The summed E-state index contributed by atoms with van der Waals surface area (Å²) >= 11 is 3.44. The fraction of sp³-hybridized carbons (Fsp3) is 0.0833. The first kappa shape index (κ1) is 28.9.